The SMILES string of the molecule is NC1=NCC2(CCCS(=O)(=O)C2)N1c1ccc(Cl)cc1. The Balaban J connectivity index is 2.02. The van der Waals surface area contributed by atoms with E-state index in [-0.39, 0.29) is 11.5 Å². The van der Waals surface area contributed by atoms with Crippen LogP contribution in [0.1, 0.15) is 12.8 Å². The van der Waals surface area contributed by atoms with Crippen LogP contribution >= 0.6 is 11.6 Å². The van der Waals surface area contributed by atoms with E-state index in [2.05, 4.69) is 4.99 Å². The third kappa shape index (κ3) is 2.27. The molecular weight excluding hydrogens is 298 g/mol. The van der Waals surface area contributed by atoms with Crippen LogP contribution in [0.3, 0.4) is 0 Å². The minimum atomic E-state index is -3.04. The van der Waals surface area contributed by atoms with Crippen molar-refractivity contribution >= 4 is 33.1 Å². The highest BCUT2D eigenvalue weighted by atomic mass is 35.5. The number of aliphatic imine (C=N–C) groups is 1. The number of hydrogen-bond donors (Lipinski definition) is 1. The van der Waals surface area contributed by atoms with Crippen molar-refractivity contribution in [1.29, 1.82) is 0 Å². The van der Waals surface area contributed by atoms with Gasteiger partial charge in [-0.15, -0.1) is 0 Å². The number of halogens is 1. The van der Waals surface area contributed by atoms with Crippen molar-refractivity contribution in [1.82, 2.24) is 0 Å². The first-order valence-corrected chi connectivity index (χ1v) is 8.68. The number of hydrogen-bond acceptors (Lipinski definition) is 5. The largest absolute Gasteiger partial charge is 0.369 e. The van der Waals surface area contributed by atoms with Gasteiger partial charge in [0.2, 0.25) is 0 Å². The Labute approximate surface area is 123 Å². The van der Waals surface area contributed by atoms with Crippen LogP contribution in [0.2, 0.25) is 5.02 Å². The van der Waals surface area contributed by atoms with E-state index < -0.39 is 15.4 Å². The zero-order valence-electron chi connectivity index (χ0n) is 10.9. The molecule has 1 atom stereocenters. The van der Waals surface area contributed by atoms with Gasteiger partial charge < -0.3 is 10.6 Å². The zero-order valence-corrected chi connectivity index (χ0v) is 12.5. The Morgan fingerprint density at radius 1 is 1.30 bits per heavy atom. The maximum Gasteiger partial charge on any atom is 0.196 e. The monoisotopic (exact) mass is 313 g/mol. The van der Waals surface area contributed by atoms with Gasteiger partial charge in [-0.3, -0.25) is 4.99 Å². The molecular formula is C13H16ClN3O2S. The molecule has 1 fully saturated rings. The molecule has 0 aliphatic carbocycles. The Hall–Kier alpha value is -1.27. The van der Waals surface area contributed by atoms with Gasteiger partial charge in [-0.2, -0.15) is 0 Å². The van der Waals surface area contributed by atoms with Crippen molar-refractivity contribution < 1.29 is 8.42 Å². The third-order valence-corrected chi connectivity index (χ3v) is 6.05. The zero-order chi connectivity index (χ0) is 14.4. The summed E-state index contributed by atoms with van der Waals surface area (Å²) in [6.45, 7) is 0.431. The highest BCUT2D eigenvalue weighted by Gasteiger charge is 2.48. The first kappa shape index (κ1) is 13.7. The summed E-state index contributed by atoms with van der Waals surface area (Å²) in [6.07, 6.45) is 1.42. The molecule has 2 N–H and O–H groups in total. The molecule has 0 amide bonds. The molecule has 1 unspecified atom stereocenters. The van der Waals surface area contributed by atoms with E-state index in [1.807, 2.05) is 17.0 Å². The van der Waals surface area contributed by atoms with Gasteiger partial charge in [-0.05, 0) is 37.1 Å². The average molecular weight is 314 g/mol. The summed E-state index contributed by atoms with van der Waals surface area (Å²) in [4.78, 5) is 6.14. The number of nitrogens with zero attached hydrogens (tertiary/aromatic N) is 2. The lowest BCUT2D eigenvalue weighted by atomic mass is 9.94. The van der Waals surface area contributed by atoms with Gasteiger partial charge in [0, 0.05) is 10.7 Å². The second-order valence-corrected chi connectivity index (χ2v) is 8.03. The van der Waals surface area contributed by atoms with Crippen LogP contribution in [0, 0.1) is 0 Å². The normalized spacial score (nSPS) is 28.6. The highest BCUT2D eigenvalue weighted by molar-refractivity contribution is 7.91. The number of benzene rings is 1. The molecule has 0 radical (unpaired) electrons. The molecule has 7 heteroatoms. The standard InChI is InChI=1S/C13H16ClN3O2S/c14-10-2-4-11(5-3-10)17-12(15)16-8-13(17)6-1-7-20(18,19)9-13/h2-5H,1,6-9H2,(H2,15,16). The van der Waals surface area contributed by atoms with Crippen LogP contribution in [-0.2, 0) is 9.84 Å². The molecule has 0 saturated carbocycles. The van der Waals surface area contributed by atoms with Crippen LogP contribution in [0.25, 0.3) is 0 Å². The van der Waals surface area contributed by atoms with E-state index in [1.54, 1.807) is 12.1 Å². The van der Waals surface area contributed by atoms with E-state index in [0.29, 0.717) is 23.9 Å². The molecule has 0 bridgehead atoms. The fraction of sp³-hybridized carbons (Fsp3) is 0.462. The van der Waals surface area contributed by atoms with E-state index >= 15 is 0 Å². The quantitative estimate of drug-likeness (QED) is 0.851. The van der Waals surface area contributed by atoms with Crippen molar-refractivity contribution in [2.75, 3.05) is 23.0 Å². The van der Waals surface area contributed by atoms with Gasteiger partial charge in [-0.1, -0.05) is 11.6 Å². The van der Waals surface area contributed by atoms with Crippen molar-refractivity contribution in [2.24, 2.45) is 10.7 Å². The summed E-state index contributed by atoms with van der Waals surface area (Å²) in [5, 5.41) is 0.633. The van der Waals surface area contributed by atoms with Crippen LogP contribution in [-0.4, -0.2) is 38.0 Å². The van der Waals surface area contributed by atoms with E-state index in [9.17, 15) is 8.42 Å². The van der Waals surface area contributed by atoms with Gasteiger partial charge in [0.15, 0.2) is 15.8 Å². The summed E-state index contributed by atoms with van der Waals surface area (Å²) < 4.78 is 24.0. The smallest absolute Gasteiger partial charge is 0.196 e. The third-order valence-electron chi connectivity index (χ3n) is 3.91. The lowest BCUT2D eigenvalue weighted by Crippen LogP contribution is -2.58. The van der Waals surface area contributed by atoms with E-state index in [4.69, 9.17) is 17.3 Å². The Morgan fingerprint density at radius 2 is 2.00 bits per heavy atom. The number of anilines is 1. The second-order valence-electron chi connectivity index (χ2n) is 5.41. The van der Waals surface area contributed by atoms with Crippen molar-refractivity contribution in [3.05, 3.63) is 29.3 Å². The maximum atomic E-state index is 12.0. The molecule has 0 aromatic heterocycles. The Kier molecular flexibility index (Phi) is 3.17. The van der Waals surface area contributed by atoms with Crippen LogP contribution in [0.4, 0.5) is 5.69 Å². The molecule has 1 aromatic carbocycles. The van der Waals surface area contributed by atoms with E-state index in [0.717, 1.165) is 12.1 Å². The fourth-order valence-corrected chi connectivity index (χ4v) is 5.12. The summed E-state index contributed by atoms with van der Waals surface area (Å²) in [6, 6.07) is 7.24. The molecule has 108 valence electrons. The minimum Gasteiger partial charge on any atom is -0.369 e. The molecule has 1 spiro atoms. The van der Waals surface area contributed by atoms with Crippen LogP contribution in [0.5, 0.6) is 0 Å². The molecule has 5 nitrogen and oxygen atoms in total. The average Bonchev–Trinajstić information content (AvgIpc) is 2.66. The maximum absolute atomic E-state index is 12.0. The van der Waals surface area contributed by atoms with Crippen LogP contribution in [0.15, 0.2) is 29.3 Å². The van der Waals surface area contributed by atoms with Crippen molar-refractivity contribution in [3.63, 3.8) is 0 Å². The second kappa shape index (κ2) is 4.63. The van der Waals surface area contributed by atoms with Gasteiger partial charge in [0.1, 0.15) is 0 Å². The van der Waals surface area contributed by atoms with E-state index in [1.165, 1.54) is 0 Å². The topological polar surface area (TPSA) is 75.8 Å². The number of rotatable bonds is 1. The molecule has 2 aliphatic rings. The van der Waals surface area contributed by atoms with Gasteiger partial charge >= 0.3 is 0 Å². The predicted octanol–water partition coefficient (Wildman–Crippen LogP) is 1.42. The molecule has 1 saturated heterocycles. The van der Waals surface area contributed by atoms with Gasteiger partial charge in [0.25, 0.3) is 0 Å². The highest BCUT2D eigenvalue weighted by Crippen LogP contribution is 2.36. The van der Waals surface area contributed by atoms with Crippen molar-refractivity contribution in [3.8, 4) is 0 Å². The molecule has 2 aliphatic heterocycles. The predicted molar refractivity (Wildman–Crippen MR) is 81.0 cm³/mol. The molecule has 3 rings (SSSR count). The minimum absolute atomic E-state index is 0.104. The molecule has 1 aromatic rings. The van der Waals surface area contributed by atoms with Crippen LogP contribution < -0.4 is 10.6 Å². The lowest BCUT2D eigenvalue weighted by molar-refractivity contribution is 0.434. The first-order valence-electron chi connectivity index (χ1n) is 6.48. The number of nitrogens with two attached hydrogens (primary N) is 1. The molecule has 2 heterocycles. The number of guanidine groups is 1. The Bertz CT molecular complexity index is 657. The summed E-state index contributed by atoms with van der Waals surface area (Å²) >= 11 is 5.90. The Morgan fingerprint density at radius 3 is 2.65 bits per heavy atom. The fourth-order valence-electron chi connectivity index (χ4n) is 3.08. The van der Waals surface area contributed by atoms with Gasteiger partial charge in [-0.25, -0.2) is 8.42 Å². The lowest BCUT2D eigenvalue weighted by Gasteiger charge is -2.41. The number of sulfone groups is 1. The summed E-state index contributed by atoms with van der Waals surface area (Å²) in [7, 11) is -3.04. The summed E-state index contributed by atoms with van der Waals surface area (Å²) in [5.74, 6) is 0.736. The van der Waals surface area contributed by atoms with Gasteiger partial charge in [0.05, 0.1) is 23.6 Å². The first-order chi connectivity index (χ1) is 9.42. The summed E-state index contributed by atoms with van der Waals surface area (Å²) in [5.41, 5.74) is 6.30. The van der Waals surface area contributed by atoms with Crippen molar-refractivity contribution in [2.45, 2.75) is 18.4 Å². The molecule has 20 heavy (non-hydrogen) atoms.